The van der Waals surface area contributed by atoms with E-state index in [2.05, 4.69) is 19.7 Å². The molecular weight excluding hydrogens is 425 g/mol. The zero-order chi connectivity index (χ0) is 23.1. The van der Waals surface area contributed by atoms with Crippen LogP contribution in [0.2, 0.25) is 0 Å². The van der Waals surface area contributed by atoms with Gasteiger partial charge < -0.3 is 9.47 Å². The van der Waals surface area contributed by atoms with E-state index in [0.29, 0.717) is 5.92 Å². The SMILES string of the molecule is Cn1c(CCCCCN2C[C@@H]3C[C@]3(c3ccc(C(F)(F)F)cc3)C2)nnc1-c1ccccc1. The normalized spacial score (nSPS) is 22.5. The van der Waals surface area contributed by atoms with Gasteiger partial charge in [-0.2, -0.15) is 13.2 Å². The highest BCUT2D eigenvalue weighted by atomic mass is 19.4. The second-order valence-electron chi connectivity index (χ2n) is 9.54. The van der Waals surface area contributed by atoms with E-state index in [4.69, 9.17) is 0 Å². The van der Waals surface area contributed by atoms with Gasteiger partial charge in [0.05, 0.1) is 5.56 Å². The summed E-state index contributed by atoms with van der Waals surface area (Å²) in [7, 11) is 2.02. The van der Waals surface area contributed by atoms with Gasteiger partial charge in [0.2, 0.25) is 0 Å². The predicted molar refractivity (Wildman–Crippen MR) is 122 cm³/mol. The highest BCUT2D eigenvalue weighted by Gasteiger charge is 2.60. The summed E-state index contributed by atoms with van der Waals surface area (Å²) in [6.45, 7) is 3.07. The minimum atomic E-state index is -4.27. The first-order valence-electron chi connectivity index (χ1n) is 11.7. The Kier molecular flexibility index (Phi) is 5.77. The number of piperidine rings is 1. The topological polar surface area (TPSA) is 34.0 Å². The van der Waals surface area contributed by atoms with E-state index in [0.717, 1.165) is 74.5 Å². The first-order valence-corrected chi connectivity index (χ1v) is 11.7. The number of aromatic nitrogens is 3. The monoisotopic (exact) mass is 454 g/mol. The van der Waals surface area contributed by atoms with Gasteiger partial charge in [-0.1, -0.05) is 48.9 Å². The molecule has 0 radical (unpaired) electrons. The smallest absolute Gasteiger partial charge is 0.314 e. The predicted octanol–water partition coefficient (Wildman–Crippen LogP) is 5.49. The average Bonchev–Trinajstić information content (AvgIpc) is 3.18. The molecule has 1 saturated heterocycles. The molecule has 7 heteroatoms. The lowest BCUT2D eigenvalue weighted by Crippen LogP contribution is -2.27. The first kappa shape index (κ1) is 22.1. The van der Waals surface area contributed by atoms with Crippen LogP contribution in [0.25, 0.3) is 11.4 Å². The van der Waals surface area contributed by atoms with Crippen molar-refractivity contribution in [3.63, 3.8) is 0 Å². The lowest BCUT2D eigenvalue weighted by atomic mass is 9.94. The van der Waals surface area contributed by atoms with Crippen LogP contribution in [0.3, 0.4) is 0 Å². The Morgan fingerprint density at radius 3 is 2.45 bits per heavy atom. The molecule has 1 aliphatic heterocycles. The van der Waals surface area contributed by atoms with Crippen LogP contribution >= 0.6 is 0 Å². The number of halogens is 3. The van der Waals surface area contributed by atoms with Gasteiger partial charge in [0.1, 0.15) is 5.82 Å². The Hall–Kier alpha value is -2.67. The van der Waals surface area contributed by atoms with Crippen molar-refractivity contribution >= 4 is 0 Å². The molecule has 0 spiro atoms. The second kappa shape index (κ2) is 8.60. The highest BCUT2D eigenvalue weighted by Crippen LogP contribution is 2.59. The standard InChI is InChI=1S/C26H29F3N4/c1-32-23(30-31-24(32)19-8-4-2-5-9-19)10-6-3-7-15-33-17-22-16-25(22,18-33)20-11-13-21(14-12-20)26(27,28)29/h2,4-5,8-9,11-14,22H,3,6-7,10,15-18H2,1H3/t22-,25+/m0/s1. The van der Waals surface area contributed by atoms with E-state index >= 15 is 0 Å². The molecule has 1 aliphatic carbocycles. The Labute approximate surface area is 192 Å². The molecule has 3 aromatic rings. The average molecular weight is 455 g/mol. The third kappa shape index (κ3) is 4.43. The molecule has 0 amide bonds. The molecule has 2 atom stereocenters. The number of aryl methyl sites for hydroxylation is 1. The van der Waals surface area contributed by atoms with Crippen LogP contribution < -0.4 is 0 Å². The second-order valence-corrected chi connectivity index (χ2v) is 9.54. The van der Waals surface area contributed by atoms with E-state index in [1.54, 1.807) is 12.1 Å². The summed E-state index contributed by atoms with van der Waals surface area (Å²) in [6, 6.07) is 16.0. The summed E-state index contributed by atoms with van der Waals surface area (Å²) in [5.41, 5.74) is 1.66. The molecule has 1 aromatic heterocycles. The van der Waals surface area contributed by atoms with E-state index in [9.17, 15) is 13.2 Å². The molecule has 1 saturated carbocycles. The van der Waals surface area contributed by atoms with Gasteiger partial charge in [0.25, 0.3) is 0 Å². The van der Waals surface area contributed by atoms with Crippen LogP contribution in [0.4, 0.5) is 13.2 Å². The Balaban J connectivity index is 1.07. The van der Waals surface area contributed by atoms with Crippen LogP contribution in [-0.2, 0) is 25.1 Å². The third-order valence-corrected chi connectivity index (χ3v) is 7.38. The minimum Gasteiger partial charge on any atom is -0.314 e. The molecule has 0 N–H and O–H groups in total. The fraction of sp³-hybridized carbons (Fsp3) is 0.462. The zero-order valence-electron chi connectivity index (χ0n) is 18.9. The molecule has 4 nitrogen and oxygen atoms in total. The number of likely N-dealkylation sites (tertiary alicyclic amines) is 1. The molecule has 2 aliphatic rings. The lowest BCUT2D eigenvalue weighted by molar-refractivity contribution is -0.137. The Bertz CT molecular complexity index is 1090. The Morgan fingerprint density at radius 1 is 0.970 bits per heavy atom. The molecule has 5 rings (SSSR count). The van der Waals surface area contributed by atoms with Gasteiger partial charge in [0, 0.05) is 37.5 Å². The van der Waals surface area contributed by atoms with E-state index < -0.39 is 11.7 Å². The molecule has 0 bridgehead atoms. The number of rotatable bonds is 8. The van der Waals surface area contributed by atoms with Crippen molar-refractivity contribution in [3.05, 3.63) is 71.5 Å². The molecule has 2 fully saturated rings. The zero-order valence-corrected chi connectivity index (χ0v) is 18.9. The lowest BCUT2D eigenvalue weighted by Gasteiger charge is -2.21. The van der Waals surface area contributed by atoms with E-state index in [-0.39, 0.29) is 5.41 Å². The van der Waals surface area contributed by atoms with Crippen molar-refractivity contribution in [2.75, 3.05) is 19.6 Å². The van der Waals surface area contributed by atoms with Crippen molar-refractivity contribution in [3.8, 4) is 11.4 Å². The largest absolute Gasteiger partial charge is 0.416 e. The molecule has 2 aromatic carbocycles. The van der Waals surface area contributed by atoms with Gasteiger partial charge in [-0.3, -0.25) is 0 Å². The minimum absolute atomic E-state index is 0.0800. The summed E-state index contributed by atoms with van der Waals surface area (Å²) in [6.07, 6.45) is 1.07. The van der Waals surface area contributed by atoms with Crippen molar-refractivity contribution in [2.24, 2.45) is 13.0 Å². The molecule has 0 unspecified atom stereocenters. The first-order chi connectivity index (χ1) is 15.9. The van der Waals surface area contributed by atoms with E-state index in [1.165, 1.54) is 12.1 Å². The number of benzene rings is 2. The summed E-state index contributed by atoms with van der Waals surface area (Å²) in [5, 5.41) is 8.74. The number of nitrogens with zero attached hydrogens (tertiary/aromatic N) is 4. The van der Waals surface area contributed by atoms with Gasteiger partial charge in [-0.05, 0) is 49.4 Å². The summed E-state index contributed by atoms with van der Waals surface area (Å²) in [5.74, 6) is 2.50. The summed E-state index contributed by atoms with van der Waals surface area (Å²) < 4.78 is 40.7. The van der Waals surface area contributed by atoms with Crippen LogP contribution in [0.1, 0.15) is 42.6 Å². The van der Waals surface area contributed by atoms with Crippen molar-refractivity contribution in [1.29, 1.82) is 0 Å². The van der Waals surface area contributed by atoms with Crippen LogP contribution in [0.5, 0.6) is 0 Å². The maximum absolute atomic E-state index is 12.9. The van der Waals surface area contributed by atoms with Crippen LogP contribution in [-0.4, -0.2) is 39.3 Å². The maximum atomic E-state index is 12.9. The highest BCUT2D eigenvalue weighted by molar-refractivity contribution is 5.54. The maximum Gasteiger partial charge on any atom is 0.416 e. The molecule has 33 heavy (non-hydrogen) atoms. The van der Waals surface area contributed by atoms with Crippen LogP contribution in [0, 0.1) is 5.92 Å². The van der Waals surface area contributed by atoms with Crippen molar-refractivity contribution in [1.82, 2.24) is 19.7 Å². The quantitative estimate of drug-likeness (QED) is 0.422. The number of unbranched alkanes of at least 4 members (excludes halogenated alkanes) is 2. The molecular formula is C26H29F3N4. The van der Waals surface area contributed by atoms with Crippen molar-refractivity contribution < 1.29 is 13.2 Å². The van der Waals surface area contributed by atoms with E-state index in [1.807, 2.05) is 37.4 Å². The summed E-state index contributed by atoms with van der Waals surface area (Å²) >= 11 is 0. The van der Waals surface area contributed by atoms with Gasteiger partial charge >= 0.3 is 6.18 Å². The molecule has 2 heterocycles. The van der Waals surface area contributed by atoms with Gasteiger partial charge in [-0.15, -0.1) is 10.2 Å². The fourth-order valence-electron chi connectivity index (χ4n) is 5.41. The number of alkyl halides is 3. The van der Waals surface area contributed by atoms with Gasteiger partial charge in [-0.25, -0.2) is 0 Å². The summed E-state index contributed by atoms with van der Waals surface area (Å²) in [4.78, 5) is 2.49. The Morgan fingerprint density at radius 2 is 1.73 bits per heavy atom. The van der Waals surface area contributed by atoms with Crippen LogP contribution in [0.15, 0.2) is 54.6 Å². The van der Waals surface area contributed by atoms with Crippen molar-refractivity contribution in [2.45, 2.75) is 43.7 Å². The number of hydrogen-bond donors (Lipinski definition) is 0. The third-order valence-electron chi connectivity index (χ3n) is 7.38. The number of fused-ring (bicyclic) bond motifs is 1. The number of hydrogen-bond acceptors (Lipinski definition) is 3. The molecule has 174 valence electrons. The van der Waals surface area contributed by atoms with Gasteiger partial charge in [0.15, 0.2) is 5.82 Å². The fourth-order valence-corrected chi connectivity index (χ4v) is 5.41.